The average molecular weight is 379 g/mol. The second-order valence-electron chi connectivity index (χ2n) is 7.36. The van der Waals surface area contributed by atoms with Crippen molar-refractivity contribution in [2.45, 2.75) is 58.6 Å². The number of hydrogen-bond acceptors (Lipinski definition) is 4. The molecule has 2 rings (SSSR count). The zero-order valence-electron chi connectivity index (χ0n) is 16.0. The van der Waals surface area contributed by atoms with Crippen LogP contribution in [0.5, 0.6) is 0 Å². The molecule has 1 aliphatic carbocycles. The maximum Gasteiger partial charge on any atom is 0.144 e. The van der Waals surface area contributed by atoms with Gasteiger partial charge in [-0.05, 0) is 67.9 Å². The molecule has 1 aromatic carbocycles. The molecule has 0 bridgehead atoms. The van der Waals surface area contributed by atoms with Crippen LogP contribution in [0.25, 0.3) is 6.08 Å². The molecule has 2 N–H and O–H groups in total. The Labute approximate surface area is 162 Å². The molecule has 0 aromatic heterocycles. The van der Waals surface area contributed by atoms with E-state index in [1.165, 1.54) is 5.57 Å². The fraction of sp³-hybridized carbons (Fsp3) is 0.571. The van der Waals surface area contributed by atoms with Crippen molar-refractivity contribution in [3.8, 4) is 0 Å². The molecular formula is C21H31ClN2O2. The minimum atomic E-state index is -0.562. The molecule has 5 heteroatoms. The molecule has 0 saturated heterocycles. The van der Waals surface area contributed by atoms with Gasteiger partial charge in [-0.2, -0.15) is 0 Å². The van der Waals surface area contributed by atoms with Crippen LogP contribution in [0.4, 0.5) is 0 Å². The molecule has 2 unspecified atom stereocenters. The number of rotatable bonds is 8. The van der Waals surface area contributed by atoms with Crippen LogP contribution in [0.2, 0.25) is 5.02 Å². The molecule has 0 radical (unpaired) electrons. The number of allylic oxidation sites excluding steroid dienone is 1. The summed E-state index contributed by atoms with van der Waals surface area (Å²) in [5, 5.41) is 18.4. The first-order chi connectivity index (χ1) is 12.5. The Morgan fingerprint density at radius 1 is 1.19 bits per heavy atom. The van der Waals surface area contributed by atoms with Gasteiger partial charge in [0, 0.05) is 17.6 Å². The fourth-order valence-corrected chi connectivity index (χ4v) is 2.88. The van der Waals surface area contributed by atoms with Crippen LogP contribution in [-0.4, -0.2) is 36.1 Å². The van der Waals surface area contributed by atoms with Crippen molar-refractivity contribution >= 4 is 23.4 Å². The Morgan fingerprint density at radius 3 is 2.58 bits per heavy atom. The lowest BCUT2D eigenvalue weighted by atomic mass is 9.91. The fourth-order valence-electron chi connectivity index (χ4n) is 2.75. The number of oxime groups is 1. The van der Waals surface area contributed by atoms with Gasteiger partial charge >= 0.3 is 0 Å². The first kappa shape index (κ1) is 20.9. The zero-order chi connectivity index (χ0) is 18.9. The average Bonchev–Trinajstić information content (AvgIpc) is 2.63. The van der Waals surface area contributed by atoms with Crippen molar-refractivity contribution < 1.29 is 9.94 Å². The van der Waals surface area contributed by atoms with Crippen molar-refractivity contribution in [1.82, 2.24) is 5.32 Å². The van der Waals surface area contributed by atoms with Gasteiger partial charge in [0.1, 0.15) is 12.7 Å². The quantitative estimate of drug-likeness (QED) is 0.646. The van der Waals surface area contributed by atoms with Gasteiger partial charge < -0.3 is 15.3 Å². The van der Waals surface area contributed by atoms with E-state index in [9.17, 15) is 5.11 Å². The number of halogens is 1. The topological polar surface area (TPSA) is 53.8 Å². The molecule has 1 saturated carbocycles. The summed E-state index contributed by atoms with van der Waals surface area (Å²) < 4.78 is 0. The number of nitrogens with one attached hydrogen (secondary N) is 1. The standard InChI is InChI=1S/C21H31ClN2O2/c1-15(2)16(3)23-13-20(25)14-26-24-21-7-5-4-6-18(21)12-17-8-10-19(22)11-9-17/h8-12,15-16,20,23,25H,4-7,13-14H2,1-3H3/b18-12+,24-21+. The van der Waals surface area contributed by atoms with E-state index in [1.54, 1.807) is 0 Å². The highest BCUT2D eigenvalue weighted by Gasteiger charge is 2.15. The third kappa shape index (κ3) is 7.10. The van der Waals surface area contributed by atoms with E-state index in [0.29, 0.717) is 18.5 Å². The Balaban J connectivity index is 1.89. The molecule has 1 aliphatic rings. The van der Waals surface area contributed by atoms with Crippen molar-refractivity contribution in [1.29, 1.82) is 0 Å². The van der Waals surface area contributed by atoms with E-state index in [1.807, 2.05) is 24.3 Å². The molecule has 1 aromatic rings. The number of nitrogens with zero attached hydrogens (tertiary/aromatic N) is 1. The normalized spacial score (nSPS) is 20.5. The molecule has 2 atom stereocenters. The molecule has 4 nitrogen and oxygen atoms in total. The van der Waals surface area contributed by atoms with Crippen LogP contribution in [0.3, 0.4) is 0 Å². The number of aliphatic hydroxyl groups is 1. The SMILES string of the molecule is CC(C)C(C)NCC(O)CO/N=C1\CCCC\C1=C/c1ccc(Cl)cc1. The predicted molar refractivity (Wildman–Crippen MR) is 110 cm³/mol. The third-order valence-corrected chi connectivity index (χ3v) is 5.06. The summed E-state index contributed by atoms with van der Waals surface area (Å²) in [5.41, 5.74) is 3.31. The second kappa shape index (κ2) is 10.7. The number of aliphatic hydroxyl groups excluding tert-OH is 1. The molecule has 0 aliphatic heterocycles. The van der Waals surface area contributed by atoms with E-state index in [-0.39, 0.29) is 6.61 Å². The molecular weight excluding hydrogens is 348 g/mol. The highest BCUT2D eigenvalue weighted by molar-refractivity contribution is 6.30. The van der Waals surface area contributed by atoms with Gasteiger partial charge in [-0.15, -0.1) is 0 Å². The summed E-state index contributed by atoms with van der Waals surface area (Å²) in [5.74, 6) is 0.533. The summed E-state index contributed by atoms with van der Waals surface area (Å²) in [7, 11) is 0. The summed E-state index contributed by atoms with van der Waals surface area (Å²) in [4.78, 5) is 5.45. The monoisotopic (exact) mass is 378 g/mol. The molecule has 26 heavy (non-hydrogen) atoms. The van der Waals surface area contributed by atoms with E-state index in [4.69, 9.17) is 16.4 Å². The Hall–Kier alpha value is -1.36. The molecule has 0 spiro atoms. The zero-order valence-corrected chi connectivity index (χ0v) is 16.8. The summed E-state index contributed by atoms with van der Waals surface area (Å²) >= 11 is 5.95. The largest absolute Gasteiger partial charge is 0.393 e. The van der Waals surface area contributed by atoms with E-state index < -0.39 is 6.10 Å². The highest BCUT2D eigenvalue weighted by Crippen LogP contribution is 2.24. The van der Waals surface area contributed by atoms with Gasteiger partial charge in [0.05, 0.1) is 5.71 Å². The second-order valence-corrected chi connectivity index (χ2v) is 7.79. The van der Waals surface area contributed by atoms with Gasteiger partial charge in [-0.3, -0.25) is 0 Å². The molecule has 0 amide bonds. The van der Waals surface area contributed by atoms with Gasteiger partial charge in [0.15, 0.2) is 0 Å². The molecule has 0 heterocycles. The smallest absolute Gasteiger partial charge is 0.144 e. The van der Waals surface area contributed by atoms with Crippen LogP contribution in [0.15, 0.2) is 35.0 Å². The highest BCUT2D eigenvalue weighted by atomic mass is 35.5. The lowest BCUT2D eigenvalue weighted by molar-refractivity contribution is 0.0381. The Bertz CT molecular complexity index is 611. The van der Waals surface area contributed by atoms with Crippen LogP contribution >= 0.6 is 11.6 Å². The Morgan fingerprint density at radius 2 is 1.88 bits per heavy atom. The van der Waals surface area contributed by atoms with E-state index in [2.05, 4.69) is 37.3 Å². The van der Waals surface area contributed by atoms with Gasteiger partial charge in [-0.1, -0.05) is 42.7 Å². The van der Waals surface area contributed by atoms with Gasteiger partial charge in [-0.25, -0.2) is 0 Å². The maximum absolute atomic E-state index is 10.1. The lowest BCUT2D eigenvalue weighted by Gasteiger charge is -2.20. The van der Waals surface area contributed by atoms with Crippen molar-refractivity contribution in [3.63, 3.8) is 0 Å². The predicted octanol–water partition coefficient (Wildman–Crippen LogP) is 4.67. The summed E-state index contributed by atoms with van der Waals surface area (Å²) in [6.45, 7) is 7.15. The maximum atomic E-state index is 10.1. The molecule has 1 fully saturated rings. The Kier molecular flexibility index (Phi) is 8.63. The summed E-state index contributed by atoms with van der Waals surface area (Å²) in [6, 6.07) is 8.17. The summed E-state index contributed by atoms with van der Waals surface area (Å²) in [6.07, 6.45) is 5.79. The third-order valence-electron chi connectivity index (χ3n) is 4.81. The van der Waals surface area contributed by atoms with Crippen molar-refractivity contribution in [2.75, 3.05) is 13.2 Å². The first-order valence-electron chi connectivity index (χ1n) is 9.52. The minimum absolute atomic E-state index is 0.204. The van der Waals surface area contributed by atoms with E-state index in [0.717, 1.165) is 42.0 Å². The lowest BCUT2D eigenvalue weighted by Crippen LogP contribution is -2.38. The van der Waals surface area contributed by atoms with Crippen LogP contribution in [0, 0.1) is 5.92 Å². The van der Waals surface area contributed by atoms with Crippen molar-refractivity contribution in [2.24, 2.45) is 11.1 Å². The van der Waals surface area contributed by atoms with Crippen molar-refractivity contribution in [3.05, 3.63) is 40.4 Å². The van der Waals surface area contributed by atoms with Crippen LogP contribution in [0.1, 0.15) is 52.0 Å². The van der Waals surface area contributed by atoms with Crippen LogP contribution < -0.4 is 5.32 Å². The first-order valence-corrected chi connectivity index (χ1v) is 9.90. The molecule has 144 valence electrons. The van der Waals surface area contributed by atoms with Gasteiger partial charge in [0.2, 0.25) is 0 Å². The number of hydrogen-bond donors (Lipinski definition) is 2. The van der Waals surface area contributed by atoms with E-state index >= 15 is 0 Å². The minimum Gasteiger partial charge on any atom is -0.393 e. The van der Waals surface area contributed by atoms with Gasteiger partial charge in [0.25, 0.3) is 0 Å². The number of benzene rings is 1. The van der Waals surface area contributed by atoms with Crippen LogP contribution in [-0.2, 0) is 4.84 Å².